The van der Waals surface area contributed by atoms with E-state index in [1.807, 2.05) is 18.2 Å². The molecule has 3 heteroatoms. The molecule has 1 heterocycles. The summed E-state index contributed by atoms with van der Waals surface area (Å²) in [5, 5.41) is 0.884. The van der Waals surface area contributed by atoms with Gasteiger partial charge in [-0.1, -0.05) is 26.8 Å². The van der Waals surface area contributed by atoms with Crippen molar-refractivity contribution in [1.82, 2.24) is 4.98 Å². The van der Waals surface area contributed by atoms with Crippen molar-refractivity contribution in [3.05, 3.63) is 30.0 Å². The van der Waals surface area contributed by atoms with Crippen LogP contribution in [0.4, 0.5) is 0 Å². The number of ether oxygens (including phenoxy) is 1. The third-order valence-corrected chi connectivity index (χ3v) is 2.88. The molecule has 0 unspecified atom stereocenters. The van der Waals surface area contributed by atoms with E-state index < -0.39 is 0 Å². The number of Topliss-reactive ketones (excluding diaryl/α,β-unsaturated/α-hetero) is 1. The summed E-state index contributed by atoms with van der Waals surface area (Å²) in [6.45, 7) is 6.20. The Balaban J connectivity index is 2.48. The maximum atomic E-state index is 12.3. The van der Waals surface area contributed by atoms with Gasteiger partial charge in [-0.05, 0) is 17.5 Å². The number of aromatic amines is 1. The zero-order valence-electron chi connectivity index (χ0n) is 11.3. The van der Waals surface area contributed by atoms with Crippen molar-refractivity contribution >= 4 is 16.7 Å². The fourth-order valence-electron chi connectivity index (χ4n) is 2.12. The number of methoxy groups -OCH3 is 1. The standard InChI is InChI=1S/C15H19NO2/c1-15(2,3)8-12(17)10-9-16-11-6-5-7-13(18-4)14(10)11/h5-7,9,16H,8H2,1-4H3. The van der Waals surface area contributed by atoms with Crippen molar-refractivity contribution in [1.29, 1.82) is 0 Å². The quantitative estimate of drug-likeness (QED) is 0.836. The predicted molar refractivity (Wildman–Crippen MR) is 73.3 cm³/mol. The van der Waals surface area contributed by atoms with Crippen LogP contribution in [0.3, 0.4) is 0 Å². The molecule has 0 radical (unpaired) electrons. The Labute approximate surface area is 107 Å². The SMILES string of the molecule is COc1cccc2[nH]cc(C(=O)CC(C)(C)C)c12. The molecule has 0 aliphatic heterocycles. The first-order valence-corrected chi connectivity index (χ1v) is 6.09. The molecule has 1 N–H and O–H groups in total. The van der Waals surface area contributed by atoms with E-state index in [9.17, 15) is 4.79 Å². The Kier molecular flexibility index (Phi) is 3.16. The summed E-state index contributed by atoms with van der Waals surface area (Å²) in [6, 6.07) is 5.74. The highest BCUT2D eigenvalue weighted by molar-refractivity contribution is 6.10. The number of fused-ring (bicyclic) bond motifs is 1. The summed E-state index contributed by atoms with van der Waals surface area (Å²) in [5.41, 5.74) is 1.65. The van der Waals surface area contributed by atoms with Gasteiger partial charge in [0.05, 0.1) is 12.5 Å². The molecule has 0 saturated heterocycles. The first-order valence-electron chi connectivity index (χ1n) is 6.09. The maximum absolute atomic E-state index is 12.3. The number of H-pyrrole nitrogens is 1. The monoisotopic (exact) mass is 245 g/mol. The van der Waals surface area contributed by atoms with E-state index in [1.54, 1.807) is 13.3 Å². The lowest BCUT2D eigenvalue weighted by Crippen LogP contribution is -2.12. The van der Waals surface area contributed by atoms with Gasteiger partial charge in [-0.15, -0.1) is 0 Å². The molecule has 0 aliphatic carbocycles. The van der Waals surface area contributed by atoms with Gasteiger partial charge in [0, 0.05) is 23.7 Å². The van der Waals surface area contributed by atoms with E-state index in [1.165, 1.54) is 0 Å². The Bertz CT molecular complexity index is 576. The van der Waals surface area contributed by atoms with Crippen molar-refractivity contribution < 1.29 is 9.53 Å². The van der Waals surface area contributed by atoms with Crippen LogP contribution in [-0.4, -0.2) is 17.9 Å². The first-order chi connectivity index (χ1) is 8.42. The zero-order chi connectivity index (χ0) is 13.3. The van der Waals surface area contributed by atoms with E-state index in [2.05, 4.69) is 25.8 Å². The van der Waals surface area contributed by atoms with Gasteiger partial charge in [0.2, 0.25) is 0 Å². The lowest BCUT2D eigenvalue weighted by Gasteiger charge is -2.16. The Hall–Kier alpha value is -1.77. The van der Waals surface area contributed by atoms with Crippen LogP contribution in [0.15, 0.2) is 24.4 Å². The van der Waals surface area contributed by atoms with Gasteiger partial charge < -0.3 is 9.72 Å². The summed E-state index contributed by atoms with van der Waals surface area (Å²) in [7, 11) is 1.62. The van der Waals surface area contributed by atoms with E-state index >= 15 is 0 Å². The summed E-state index contributed by atoms with van der Waals surface area (Å²) >= 11 is 0. The summed E-state index contributed by atoms with van der Waals surface area (Å²) in [5.74, 6) is 0.893. The molecule has 1 aromatic carbocycles. The molecule has 96 valence electrons. The second-order valence-electron chi connectivity index (χ2n) is 5.75. The number of nitrogens with one attached hydrogen (secondary N) is 1. The fraction of sp³-hybridized carbons (Fsp3) is 0.400. The van der Waals surface area contributed by atoms with E-state index in [0.717, 1.165) is 22.2 Å². The molecule has 1 aromatic heterocycles. The molecule has 0 amide bonds. The van der Waals surface area contributed by atoms with Gasteiger partial charge in [0.15, 0.2) is 5.78 Å². The Morgan fingerprint density at radius 2 is 2.06 bits per heavy atom. The van der Waals surface area contributed by atoms with Crippen LogP contribution in [-0.2, 0) is 0 Å². The minimum atomic E-state index is -0.0112. The number of hydrogen-bond donors (Lipinski definition) is 1. The number of aromatic nitrogens is 1. The van der Waals surface area contributed by atoms with Crippen molar-refractivity contribution in [2.24, 2.45) is 5.41 Å². The second kappa shape index (κ2) is 4.48. The van der Waals surface area contributed by atoms with Crippen LogP contribution in [0.2, 0.25) is 0 Å². The van der Waals surface area contributed by atoms with Crippen molar-refractivity contribution in [2.75, 3.05) is 7.11 Å². The highest BCUT2D eigenvalue weighted by atomic mass is 16.5. The molecular formula is C15H19NO2. The van der Waals surface area contributed by atoms with Crippen LogP contribution in [0, 0.1) is 5.41 Å². The largest absolute Gasteiger partial charge is 0.496 e. The number of benzene rings is 1. The number of ketones is 1. The Morgan fingerprint density at radius 1 is 1.33 bits per heavy atom. The normalized spacial score (nSPS) is 11.8. The van der Waals surface area contributed by atoms with Gasteiger partial charge >= 0.3 is 0 Å². The van der Waals surface area contributed by atoms with Gasteiger partial charge in [-0.3, -0.25) is 4.79 Å². The molecule has 3 nitrogen and oxygen atoms in total. The summed E-state index contributed by atoms with van der Waals surface area (Å²) in [4.78, 5) is 15.5. The third-order valence-electron chi connectivity index (χ3n) is 2.88. The zero-order valence-corrected chi connectivity index (χ0v) is 11.3. The molecule has 0 aliphatic rings. The van der Waals surface area contributed by atoms with E-state index in [4.69, 9.17) is 4.74 Å². The van der Waals surface area contributed by atoms with Crippen LogP contribution >= 0.6 is 0 Å². The van der Waals surface area contributed by atoms with Crippen LogP contribution < -0.4 is 4.74 Å². The minimum absolute atomic E-state index is 0.0112. The van der Waals surface area contributed by atoms with E-state index in [-0.39, 0.29) is 11.2 Å². The minimum Gasteiger partial charge on any atom is -0.496 e. The molecule has 0 spiro atoms. The van der Waals surface area contributed by atoms with Crippen LogP contribution in [0.1, 0.15) is 37.6 Å². The van der Waals surface area contributed by atoms with Crippen molar-refractivity contribution in [2.45, 2.75) is 27.2 Å². The smallest absolute Gasteiger partial charge is 0.165 e. The molecule has 0 bridgehead atoms. The number of carbonyl (C=O) groups excluding carboxylic acids is 1. The highest BCUT2D eigenvalue weighted by Crippen LogP contribution is 2.31. The third kappa shape index (κ3) is 2.40. The fourth-order valence-corrected chi connectivity index (χ4v) is 2.12. The highest BCUT2D eigenvalue weighted by Gasteiger charge is 2.21. The van der Waals surface area contributed by atoms with E-state index in [0.29, 0.717) is 6.42 Å². The predicted octanol–water partition coefficient (Wildman–Crippen LogP) is 3.80. The van der Waals surface area contributed by atoms with Gasteiger partial charge in [0.1, 0.15) is 5.75 Å². The number of rotatable bonds is 3. The number of hydrogen-bond acceptors (Lipinski definition) is 2. The Morgan fingerprint density at radius 3 is 2.67 bits per heavy atom. The molecular weight excluding hydrogens is 226 g/mol. The van der Waals surface area contributed by atoms with Gasteiger partial charge in [-0.2, -0.15) is 0 Å². The average Bonchev–Trinajstić information content (AvgIpc) is 2.70. The van der Waals surface area contributed by atoms with Gasteiger partial charge in [0.25, 0.3) is 0 Å². The summed E-state index contributed by atoms with van der Waals surface area (Å²) in [6.07, 6.45) is 2.30. The molecule has 0 atom stereocenters. The van der Waals surface area contributed by atoms with Crippen molar-refractivity contribution in [3.63, 3.8) is 0 Å². The van der Waals surface area contributed by atoms with Gasteiger partial charge in [-0.25, -0.2) is 0 Å². The maximum Gasteiger partial charge on any atom is 0.165 e. The number of carbonyl (C=O) groups is 1. The molecule has 0 fully saturated rings. The summed E-state index contributed by atoms with van der Waals surface area (Å²) < 4.78 is 5.33. The first kappa shape index (κ1) is 12.7. The lowest BCUT2D eigenvalue weighted by molar-refractivity contribution is 0.0941. The molecule has 2 rings (SSSR count). The molecule has 2 aromatic rings. The molecule has 18 heavy (non-hydrogen) atoms. The average molecular weight is 245 g/mol. The van der Waals surface area contributed by atoms with Crippen LogP contribution in [0.25, 0.3) is 10.9 Å². The lowest BCUT2D eigenvalue weighted by atomic mass is 9.88. The topological polar surface area (TPSA) is 42.1 Å². The second-order valence-corrected chi connectivity index (χ2v) is 5.75. The van der Waals surface area contributed by atoms with Crippen LogP contribution in [0.5, 0.6) is 5.75 Å². The van der Waals surface area contributed by atoms with Crippen molar-refractivity contribution in [3.8, 4) is 5.75 Å². The molecule has 0 saturated carbocycles.